The summed E-state index contributed by atoms with van der Waals surface area (Å²) in [6.07, 6.45) is 1.87. The minimum absolute atomic E-state index is 0.153. The second-order valence-corrected chi connectivity index (χ2v) is 6.94. The monoisotopic (exact) mass is 368 g/mol. The van der Waals surface area contributed by atoms with Crippen LogP contribution in [0.15, 0.2) is 22.1 Å². The molecule has 24 heavy (non-hydrogen) atoms. The summed E-state index contributed by atoms with van der Waals surface area (Å²) in [5, 5.41) is 10.3. The van der Waals surface area contributed by atoms with Crippen molar-refractivity contribution < 1.29 is 4.79 Å². The highest BCUT2D eigenvalue weighted by atomic mass is 35.5. The smallest absolute Gasteiger partial charge is 0.324 e. The molecule has 1 amide bonds. The molecular formula is C16H21ClN4O2S. The summed E-state index contributed by atoms with van der Waals surface area (Å²) in [7, 11) is 0. The summed E-state index contributed by atoms with van der Waals surface area (Å²) in [4.78, 5) is 23.9. The van der Waals surface area contributed by atoms with Crippen LogP contribution in [0.5, 0.6) is 0 Å². The van der Waals surface area contributed by atoms with Crippen LogP contribution in [-0.4, -0.2) is 26.4 Å². The molecule has 0 fully saturated rings. The number of nitrogens with zero attached hydrogens (tertiary/aromatic N) is 2. The molecule has 0 radical (unpaired) electrons. The molecular weight excluding hydrogens is 348 g/mol. The summed E-state index contributed by atoms with van der Waals surface area (Å²) >= 11 is 7.42. The maximum Gasteiger partial charge on any atom is 0.343 e. The third-order valence-corrected chi connectivity index (χ3v) is 4.76. The Hall–Kier alpha value is -1.73. The van der Waals surface area contributed by atoms with Gasteiger partial charge in [-0.1, -0.05) is 42.8 Å². The van der Waals surface area contributed by atoms with Gasteiger partial charge in [-0.05, 0) is 37.5 Å². The van der Waals surface area contributed by atoms with E-state index in [1.165, 1.54) is 11.8 Å². The second kappa shape index (κ2) is 8.39. The third-order valence-electron chi connectivity index (χ3n) is 3.49. The van der Waals surface area contributed by atoms with Crippen LogP contribution < -0.4 is 11.0 Å². The van der Waals surface area contributed by atoms with Gasteiger partial charge in [0, 0.05) is 6.54 Å². The Bertz CT molecular complexity index is 762. The molecule has 1 aromatic heterocycles. The Balaban J connectivity index is 2.01. The first-order valence-electron chi connectivity index (χ1n) is 7.77. The SMILES string of the molecule is CCCCn1c(SCC(=O)Nc2c(C)cc(C)cc2Cl)n[nH]c1=O. The molecule has 1 aromatic carbocycles. The number of benzene rings is 1. The number of unbranched alkanes of at least 4 members (excludes halogenated alkanes) is 1. The van der Waals surface area contributed by atoms with Crippen molar-refractivity contribution in [1.29, 1.82) is 0 Å². The second-order valence-electron chi connectivity index (χ2n) is 5.59. The average Bonchev–Trinajstić information content (AvgIpc) is 2.87. The lowest BCUT2D eigenvalue weighted by Gasteiger charge is -2.11. The average molecular weight is 369 g/mol. The predicted molar refractivity (Wildman–Crippen MR) is 98.0 cm³/mol. The van der Waals surface area contributed by atoms with Gasteiger partial charge < -0.3 is 5.32 Å². The Morgan fingerprint density at radius 1 is 1.42 bits per heavy atom. The van der Waals surface area contributed by atoms with Crippen LogP contribution in [0, 0.1) is 13.8 Å². The van der Waals surface area contributed by atoms with Gasteiger partial charge in [0.1, 0.15) is 0 Å². The number of carbonyl (C=O) groups is 1. The molecule has 2 N–H and O–H groups in total. The van der Waals surface area contributed by atoms with Gasteiger partial charge in [-0.2, -0.15) is 0 Å². The summed E-state index contributed by atoms with van der Waals surface area (Å²) < 4.78 is 1.56. The molecule has 0 saturated heterocycles. The molecule has 8 heteroatoms. The van der Waals surface area contributed by atoms with E-state index in [0.29, 0.717) is 22.4 Å². The molecule has 2 aromatic rings. The van der Waals surface area contributed by atoms with E-state index in [2.05, 4.69) is 22.4 Å². The largest absolute Gasteiger partial charge is 0.343 e. The number of amides is 1. The van der Waals surface area contributed by atoms with Crippen LogP contribution in [0.1, 0.15) is 30.9 Å². The third kappa shape index (κ3) is 4.64. The molecule has 0 aliphatic carbocycles. The molecule has 0 aliphatic heterocycles. The molecule has 0 atom stereocenters. The fourth-order valence-electron chi connectivity index (χ4n) is 2.31. The van der Waals surface area contributed by atoms with E-state index >= 15 is 0 Å². The van der Waals surface area contributed by atoms with Gasteiger partial charge in [0.15, 0.2) is 5.16 Å². The molecule has 2 rings (SSSR count). The van der Waals surface area contributed by atoms with Gasteiger partial charge in [-0.3, -0.25) is 9.36 Å². The molecule has 0 unspecified atom stereocenters. The van der Waals surface area contributed by atoms with Crippen LogP contribution in [0.2, 0.25) is 5.02 Å². The van der Waals surface area contributed by atoms with Crippen molar-refractivity contribution >= 4 is 35.0 Å². The van der Waals surface area contributed by atoms with Crippen LogP contribution in [0.3, 0.4) is 0 Å². The van der Waals surface area contributed by atoms with E-state index < -0.39 is 0 Å². The zero-order chi connectivity index (χ0) is 17.7. The number of thioether (sulfide) groups is 1. The van der Waals surface area contributed by atoms with E-state index in [-0.39, 0.29) is 17.3 Å². The number of aromatic nitrogens is 3. The van der Waals surface area contributed by atoms with Crippen LogP contribution in [-0.2, 0) is 11.3 Å². The number of aromatic amines is 1. The summed E-state index contributed by atoms with van der Waals surface area (Å²) in [6, 6.07) is 3.78. The Morgan fingerprint density at radius 3 is 2.83 bits per heavy atom. The van der Waals surface area contributed by atoms with E-state index in [1.54, 1.807) is 4.57 Å². The highest BCUT2D eigenvalue weighted by Crippen LogP contribution is 2.27. The number of halogens is 1. The van der Waals surface area contributed by atoms with Crippen molar-refractivity contribution in [2.75, 3.05) is 11.1 Å². The summed E-state index contributed by atoms with van der Waals surface area (Å²) in [5.41, 5.74) is 2.33. The molecule has 0 bridgehead atoms. The van der Waals surface area contributed by atoms with Crippen molar-refractivity contribution in [2.24, 2.45) is 0 Å². The number of nitrogens with one attached hydrogen (secondary N) is 2. The van der Waals surface area contributed by atoms with Gasteiger partial charge in [-0.15, -0.1) is 5.10 Å². The number of carbonyl (C=O) groups excluding carboxylic acids is 1. The van der Waals surface area contributed by atoms with Gasteiger partial charge in [0.25, 0.3) is 0 Å². The van der Waals surface area contributed by atoms with Crippen molar-refractivity contribution in [1.82, 2.24) is 14.8 Å². The predicted octanol–water partition coefficient (Wildman–Crippen LogP) is 3.37. The fraction of sp³-hybridized carbons (Fsp3) is 0.438. The standard InChI is InChI=1S/C16H21ClN4O2S/c1-4-5-6-21-15(23)19-20-16(21)24-9-13(22)18-14-11(3)7-10(2)8-12(14)17/h7-8H,4-6,9H2,1-3H3,(H,18,22)(H,19,23). The first-order chi connectivity index (χ1) is 11.4. The lowest BCUT2D eigenvalue weighted by atomic mass is 10.1. The molecule has 130 valence electrons. The minimum atomic E-state index is -0.246. The molecule has 6 nitrogen and oxygen atoms in total. The van der Waals surface area contributed by atoms with Gasteiger partial charge in [0.2, 0.25) is 5.91 Å². The number of H-pyrrole nitrogens is 1. The van der Waals surface area contributed by atoms with Crippen LogP contribution in [0.25, 0.3) is 0 Å². The Kier molecular flexibility index (Phi) is 6.51. The van der Waals surface area contributed by atoms with E-state index in [1.807, 2.05) is 26.0 Å². The zero-order valence-electron chi connectivity index (χ0n) is 14.0. The van der Waals surface area contributed by atoms with Gasteiger partial charge in [-0.25, -0.2) is 9.89 Å². The summed E-state index contributed by atoms with van der Waals surface area (Å²) in [5.74, 6) is -0.0357. The Morgan fingerprint density at radius 2 is 2.17 bits per heavy atom. The van der Waals surface area contributed by atoms with Crippen molar-refractivity contribution in [3.63, 3.8) is 0 Å². The topological polar surface area (TPSA) is 79.8 Å². The first kappa shape index (κ1) is 18.6. The number of aryl methyl sites for hydroxylation is 2. The number of hydrogen-bond acceptors (Lipinski definition) is 4. The lowest BCUT2D eigenvalue weighted by molar-refractivity contribution is -0.113. The van der Waals surface area contributed by atoms with E-state index in [4.69, 9.17) is 11.6 Å². The van der Waals surface area contributed by atoms with Crippen LogP contribution >= 0.6 is 23.4 Å². The Labute approximate surface area is 150 Å². The van der Waals surface area contributed by atoms with Gasteiger partial charge >= 0.3 is 5.69 Å². The minimum Gasteiger partial charge on any atom is -0.324 e. The number of anilines is 1. The van der Waals surface area contributed by atoms with Crippen molar-refractivity contribution in [2.45, 2.75) is 45.3 Å². The normalized spacial score (nSPS) is 10.8. The lowest BCUT2D eigenvalue weighted by Crippen LogP contribution is -2.19. The summed E-state index contributed by atoms with van der Waals surface area (Å²) in [6.45, 7) is 6.50. The zero-order valence-corrected chi connectivity index (χ0v) is 15.6. The maximum atomic E-state index is 12.2. The highest BCUT2D eigenvalue weighted by Gasteiger charge is 2.13. The van der Waals surface area contributed by atoms with E-state index in [0.717, 1.165) is 24.0 Å². The van der Waals surface area contributed by atoms with Crippen molar-refractivity contribution in [3.8, 4) is 0 Å². The van der Waals surface area contributed by atoms with E-state index in [9.17, 15) is 9.59 Å². The number of hydrogen-bond donors (Lipinski definition) is 2. The van der Waals surface area contributed by atoms with Crippen LogP contribution in [0.4, 0.5) is 5.69 Å². The fourth-order valence-corrected chi connectivity index (χ4v) is 3.45. The van der Waals surface area contributed by atoms with Gasteiger partial charge in [0.05, 0.1) is 16.5 Å². The molecule has 1 heterocycles. The van der Waals surface area contributed by atoms with Crippen molar-refractivity contribution in [3.05, 3.63) is 38.8 Å². The molecule has 0 aliphatic rings. The molecule has 0 saturated carbocycles. The maximum absolute atomic E-state index is 12.2. The first-order valence-corrected chi connectivity index (χ1v) is 9.13. The molecule has 0 spiro atoms. The quantitative estimate of drug-likeness (QED) is 0.734. The highest BCUT2D eigenvalue weighted by molar-refractivity contribution is 7.99. The number of rotatable bonds is 7.